The van der Waals surface area contributed by atoms with Gasteiger partial charge in [0.05, 0.1) is 0 Å². The monoisotopic (exact) mass is 183 g/mol. The van der Waals surface area contributed by atoms with E-state index in [0.717, 1.165) is 13.1 Å². The van der Waals surface area contributed by atoms with Crippen LogP contribution in [0.1, 0.15) is 11.1 Å². The molecule has 70 valence electrons. The van der Waals surface area contributed by atoms with Crippen molar-refractivity contribution in [2.24, 2.45) is 0 Å². The Kier molecular flexibility index (Phi) is 1.62. The van der Waals surface area contributed by atoms with Crippen LogP contribution < -0.4 is 0 Å². The third-order valence-electron chi connectivity index (χ3n) is 2.96. The molecular formula is C13H13N. The average molecular weight is 183 g/mol. The lowest BCUT2D eigenvalue weighted by Crippen LogP contribution is -2.21. The lowest BCUT2D eigenvalue weighted by molar-refractivity contribution is 0.314. The highest BCUT2D eigenvalue weighted by atomic mass is 15.1. The van der Waals surface area contributed by atoms with Gasteiger partial charge in [0.15, 0.2) is 0 Å². The van der Waals surface area contributed by atoms with Gasteiger partial charge < -0.3 is 0 Å². The van der Waals surface area contributed by atoms with Gasteiger partial charge in [-0.1, -0.05) is 36.4 Å². The quantitative estimate of drug-likeness (QED) is 0.607. The molecule has 2 aromatic carbocycles. The van der Waals surface area contributed by atoms with Gasteiger partial charge in [-0.05, 0) is 28.9 Å². The zero-order valence-corrected chi connectivity index (χ0v) is 8.33. The number of rotatable bonds is 0. The highest BCUT2D eigenvalue weighted by Gasteiger charge is 2.14. The second-order valence-corrected chi connectivity index (χ2v) is 4.10. The Morgan fingerprint density at radius 3 is 2.07 bits per heavy atom. The summed E-state index contributed by atoms with van der Waals surface area (Å²) >= 11 is 0. The third-order valence-corrected chi connectivity index (χ3v) is 2.96. The van der Waals surface area contributed by atoms with E-state index >= 15 is 0 Å². The van der Waals surface area contributed by atoms with Crippen molar-refractivity contribution in [3.8, 4) is 0 Å². The molecule has 0 amide bonds. The lowest BCUT2D eigenvalue weighted by atomic mass is 9.96. The summed E-state index contributed by atoms with van der Waals surface area (Å²) in [4.78, 5) is 2.36. The molecule has 0 unspecified atom stereocenters. The second-order valence-electron chi connectivity index (χ2n) is 4.10. The molecule has 1 heteroatoms. The Bertz CT molecular complexity index is 447. The summed E-state index contributed by atoms with van der Waals surface area (Å²) in [7, 11) is 2.18. The van der Waals surface area contributed by atoms with Gasteiger partial charge in [0.25, 0.3) is 0 Å². The van der Waals surface area contributed by atoms with E-state index in [1.54, 1.807) is 0 Å². The molecule has 0 N–H and O–H groups in total. The van der Waals surface area contributed by atoms with Crippen molar-refractivity contribution in [2.75, 3.05) is 7.05 Å². The molecule has 0 aliphatic carbocycles. The van der Waals surface area contributed by atoms with Crippen molar-refractivity contribution in [1.29, 1.82) is 0 Å². The molecule has 0 bridgehead atoms. The Labute approximate surface area is 84.0 Å². The van der Waals surface area contributed by atoms with Crippen molar-refractivity contribution >= 4 is 10.8 Å². The van der Waals surface area contributed by atoms with Crippen molar-refractivity contribution in [3.05, 3.63) is 47.5 Å². The van der Waals surface area contributed by atoms with Crippen LogP contribution >= 0.6 is 0 Å². The Hall–Kier alpha value is -1.34. The molecule has 1 aliphatic rings. The summed E-state index contributed by atoms with van der Waals surface area (Å²) in [5, 5.41) is 2.86. The van der Waals surface area contributed by atoms with Crippen molar-refractivity contribution in [2.45, 2.75) is 13.1 Å². The van der Waals surface area contributed by atoms with Crippen LogP contribution in [0.15, 0.2) is 36.4 Å². The van der Waals surface area contributed by atoms with Gasteiger partial charge in [-0.2, -0.15) is 0 Å². The highest BCUT2D eigenvalue weighted by molar-refractivity contribution is 5.89. The first-order valence-corrected chi connectivity index (χ1v) is 5.02. The smallest absolute Gasteiger partial charge is 0.0240 e. The van der Waals surface area contributed by atoms with E-state index in [1.807, 2.05) is 0 Å². The molecule has 0 saturated carbocycles. The van der Waals surface area contributed by atoms with Gasteiger partial charge in [-0.15, -0.1) is 0 Å². The summed E-state index contributed by atoms with van der Waals surface area (Å²) in [6.07, 6.45) is 0. The zero-order valence-electron chi connectivity index (χ0n) is 8.33. The van der Waals surface area contributed by atoms with Gasteiger partial charge in [0, 0.05) is 13.1 Å². The van der Waals surface area contributed by atoms with Crippen LogP contribution in [-0.4, -0.2) is 11.9 Å². The number of hydrogen-bond donors (Lipinski definition) is 0. The summed E-state index contributed by atoms with van der Waals surface area (Å²) in [6, 6.07) is 13.2. The number of hydrogen-bond acceptors (Lipinski definition) is 1. The minimum absolute atomic E-state index is 1.08. The van der Waals surface area contributed by atoms with E-state index in [1.165, 1.54) is 21.9 Å². The van der Waals surface area contributed by atoms with Gasteiger partial charge >= 0.3 is 0 Å². The molecule has 3 rings (SSSR count). The Morgan fingerprint density at radius 1 is 0.929 bits per heavy atom. The Balaban J connectivity index is 2.40. The van der Waals surface area contributed by atoms with Crippen LogP contribution in [0.4, 0.5) is 0 Å². The van der Waals surface area contributed by atoms with Gasteiger partial charge in [-0.3, -0.25) is 4.90 Å². The summed E-state index contributed by atoms with van der Waals surface area (Å²) in [6.45, 7) is 2.16. The molecule has 0 aromatic heterocycles. The molecule has 2 aromatic rings. The fraction of sp³-hybridized carbons (Fsp3) is 0.231. The van der Waals surface area contributed by atoms with E-state index < -0.39 is 0 Å². The first-order chi connectivity index (χ1) is 6.84. The molecule has 1 aliphatic heterocycles. The second kappa shape index (κ2) is 2.82. The van der Waals surface area contributed by atoms with Gasteiger partial charge in [0.2, 0.25) is 0 Å². The molecule has 0 radical (unpaired) electrons. The molecular weight excluding hydrogens is 170 g/mol. The average Bonchev–Trinajstić information content (AvgIpc) is 2.18. The van der Waals surface area contributed by atoms with Crippen LogP contribution in [0.5, 0.6) is 0 Å². The normalized spacial score (nSPS) is 16.1. The summed E-state index contributed by atoms with van der Waals surface area (Å²) in [5.41, 5.74) is 2.93. The molecule has 0 spiro atoms. The predicted octanol–water partition coefficient (Wildman–Crippen LogP) is 2.79. The minimum Gasteiger partial charge on any atom is -0.298 e. The molecule has 1 heterocycles. The third kappa shape index (κ3) is 1.06. The first kappa shape index (κ1) is 8.01. The van der Waals surface area contributed by atoms with Gasteiger partial charge in [0.1, 0.15) is 0 Å². The topological polar surface area (TPSA) is 3.24 Å². The standard InChI is InChI=1S/C13H13N/c1-14-8-11-6-2-4-10-5-3-7-12(9-14)13(10)11/h2-7H,8-9H2,1H3. The molecule has 1 nitrogen and oxygen atoms in total. The molecule has 0 fully saturated rings. The van der Waals surface area contributed by atoms with Crippen LogP contribution in [0, 0.1) is 0 Å². The molecule has 0 atom stereocenters. The largest absolute Gasteiger partial charge is 0.298 e. The van der Waals surface area contributed by atoms with Crippen molar-refractivity contribution in [3.63, 3.8) is 0 Å². The van der Waals surface area contributed by atoms with E-state index in [9.17, 15) is 0 Å². The molecule has 14 heavy (non-hydrogen) atoms. The van der Waals surface area contributed by atoms with Crippen LogP contribution in [-0.2, 0) is 13.1 Å². The zero-order chi connectivity index (χ0) is 9.54. The predicted molar refractivity (Wildman–Crippen MR) is 59.1 cm³/mol. The minimum atomic E-state index is 1.08. The summed E-state index contributed by atoms with van der Waals surface area (Å²) in [5.74, 6) is 0. The van der Waals surface area contributed by atoms with E-state index in [4.69, 9.17) is 0 Å². The maximum atomic E-state index is 2.36. The van der Waals surface area contributed by atoms with E-state index in [-0.39, 0.29) is 0 Å². The number of nitrogens with zero attached hydrogens (tertiary/aromatic N) is 1. The fourth-order valence-electron chi connectivity index (χ4n) is 2.40. The van der Waals surface area contributed by atoms with E-state index in [0.29, 0.717) is 0 Å². The van der Waals surface area contributed by atoms with Crippen molar-refractivity contribution in [1.82, 2.24) is 4.90 Å². The van der Waals surface area contributed by atoms with Crippen LogP contribution in [0.3, 0.4) is 0 Å². The van der Waals surface area contributed by atoms with Gasteiger partial charge in [-0.25, -0.2) is 0 Å². The highest BCUT2D eigenvalue weighted by Crippen LogP contribution is 2.28. The number of benzene rings is 2. The maximum absolute atomic E-state index is 2.36. The van der Waals surface area contributed by atoms with Crippen LogP contribution in [0.25, 0.3) is 10.8 Å². The first-order valence-electron chi connectivity index (χ1n) is 5.02. The fourth-order valence-corrected chi connectivity index (χ4v) is 2.40. The van der Waals surface area contributed by atoms with Crippen LogP contribution in [0.2, 0.25) is 0 Å². The Morgan fingerprint density at radius 2 is 1.50 bits per heavy atom. The van der Waals surface area contributed by atoms with Crippen molar-refractivity contribution < 1.29 is 0 Å². The summed E-state index contributed by atoms with van der Waals surface area (Å²) < 4.78 is 0. The molecule has 0 saturated heterocycles. The van der Waals surface area contributed by atoms with E-state index in [2.05, 4.69) is 48.3 Å². The lowest BCUT2D eigenvalue weighted by Gasteiger charge is -2.25. The maximum Gasteiger partial charge on any atom is 0.0240 e. The SMILES string of the molecule is CN1Cc2cccc3cccc(c23)C1.